The van der Waals surface area contributed by atoms with Crippen LogP contribution in [0, 0.1) is 12.8 Å². The Balaban J connectivity index is 1.48. The van der Waals surface area contributed by atoms with Crippen LogP contribution >= 0.6 is 0 Å². The molecule has 23 heavy (non-hydrogen) atoms. The van der Waals surface area contributed by atoms with Crippen molar-refractivity contribution in [1.29, 1.82) is 0 Å². The highest BCUT2D eigenvalue weighted by Crippen LogP contribution is 2.28. The number of aryl methyl sites for hydroxylation is 2. The number of aliphatic imine (C=N–C) groups is 1. The van der Waals surface area contributed by atoms with Crippen molar-refractivity contribution in [2.45, 2.75) is 64.8 Å². The van der Waals surface area contributed by atoms with E-state index >= 15 is 0 Å². The van der Waals surface area contributed by atoms with Crippen LogP contribution in [0.3, 0.4) is 0 Å². The molecule has 0 radical (unpaired) electrons. The number of hydrogen-bond acceptors (Lipinski definition) is 2. The Morgan fingerprint density at radius 3 is 2.61 bits per heavy atom. The van der Waals surface area contributed by atoms with Crippen LogP contribution in [0.25, 0.3) is 0 Å². The molecule has 0 aromatic carbocycles. The molecule has 1 aromatic rings. The van der Waals surface area contributed by atoms with Crippen LogP contribution in [0.15, 0.2) is 17.4 Å². The van der Waals surface area contributed by atoms with E-state index in [0.717, 1.165) is 50.2 Å². The lowest BCUT2D eigenvalue weighted by molar-refractivity contribution is 0.481. The molecule has 0 saturated heterocycles. The largest absolute Gasteiger partial charge is 0.356 e. The Labute approximate surface area is 141 Å². The van der Waals surface area contributed by atoms with Crippen molar-refractivity contribution in [2.75, 3.05) is 20.1 Å². The van der Waals surface area contributed by atoms with Gasteiger partial charge in [-0.2, -0.15) is 0 Å². The zero-order valence-corrected chi connectivity index (χ0v) is 14.9. The summed E-state index contributed by atoms with van der Waals surface area (Å²) in [4.78, 5) is 8.54. The third-order valence-corrected chi connectivity index (χ3v) is 4.82. The average Bonchev–Trinajstić information content (AvgIpc) is 3.21. The van der Waals surface area contributed by atoms with Gasteiger partial charge in [-0.05, 0) is 38.5 Å². The highest BCUT2D eigenvalue weighted by atomic mass is 15.2. The van der Waals surface area contributed by atoms with Gasteiger partial charge in [0.05, 0.1) is 0 Å². The summed E-state index contributed by atoms with van der Waals surface area (Å²) < 4.78 is 2.20. The van der Waals surface area contributed by atoms with Crippen LogP contribution in [0.4, 0.5) is 0 Å². The fourth-order valence-electron chi connectivity index (χ4n) is 3.37. The molecule has 130 valence electrons. The number of hydrogen-bond donors (Lipinski definition) is 2. The first-order valence-electron chi connectivity index (χ1n) is 9.22. The maximum absolute atomic E-state index is 4.30. The molecule has 5 heteroatoms. The van der Waals surface area contributed by atoms with E-state index in [2.05, 4.69) is 32.1 Å². The third kappa shape index (κ3) is 6.63. The standard InChI is InChI=1S/C18H33N5/c1-16-20-13-15-23(16)14-6-5-11-21-18(19-2)22-12-7-10-17-8-3-4-9-17/h13,15,17H,3-12,14H2,1-2H3,(H2,19,21,22). The Morgan fingerprint density at radius 1 is 1.22 bits per heavy atom. The average molecular weight is 319 g/mol. The first-order valence-corrected chi connectivity index (χ1v) is 9.22. The molecule has 0 bridgehead atoms. The summed E-state index contributed by atoms with van der Waals surface area (Å²) in [5, 5.41) is 6.84. The SMILES string of the molecule is CN=C(NCCCCn1ccnc1C)NCCCC1CCCC1. The minimum atomic E-state index is 0.940. The molecule has 0 spiro atoms. The zero-order chi connectivity index (χ0) is 16.3. The van der Waals surface area contributed by atoms with Gasteiger partial charge in [-0.25, -0.2) is 4.98 Å². The van der Waals surface area contributed by atoms with E-state index in [1.807, 2.05) is 19.4 Å². The number of unbranched alkanes of at least 4 members (excludes halogenated alkanes) is 1. The van der Waals surface area contributed by atoms with Crippen LogP contribution < -0.4 is 10.6 Å². The summed E-state index contributed by atoms with van der Waals surface area (Å²) in [6.45, 7) is 5.09. The van der Waals surface area contributed by atoms with Gasteiger partial charge in [-0.3, -0.25) is 4.99 Å². The van der Waals surface area contributed by atoms with E-state index in [4.69, 9.17) is 0 Å². The van der Waals surface area contributed by atoms with E-state index in [0.29, 0.717) is 0 Å². The molecule has 2 N–H and O–H groups in total. The molecule has 1 fully saturated rings. The Kier molecular flexibility index (Phi) is 7.98. The molecule has 0 atom stereocenters. The first-order chi connectivity index (χ1) is 11.3. The molecular formula is C18H33N5. The number of nitrogens with one attached hydrogen (secondary N) is 2. The van der Waals surface area contributed by atoms with Gasteiger partial charge in [-0.15, -0.1) is 0 Å². The molecule has 0 aliphatic heterocycles. The summed E-state index contributed by atoms with van der Waals surface area (Å²) in [7, 11) is 1.85. The first kappa shape index (κ1) is 17.8. The van der Waals surface area contributed by atoms with Gasteiger partial charge in [0.25, 0.3) is 0 Å². The topological polar surface area (TPSA) is 54.2 Å². The van der Waals surface area contributed by atoms with Gasteiger partial charge in [0.2, 0.25) is 0 Å². The van der Waals surface area contributed by atoms with E-state index in [1.54, 1.807) is 0 Å². The molecule has 0 unspecified atom stereocenters. The lowest BCUT2D eigenvalue weighted by Crippen LogP contribution is -2.38. The lowest BCUT2D eigenvalue weighted by atomic mass is 10.0. The number of imidazole rings is 1. The van der Waals surface area contributed by atoms with E-state index in [-0.39, 0.29) is 0 Å². The summed E-state index contributed by atoms with van der Waals surface area (Å²) in [6.07, 6.45) is 14.6. The minimum Gasteiger partial charge on any atom is -0.356 e. The number of aromatic nitrogens is 2. The van der Waals surface area contributed by atoms with Crippen molar-refractivity contribution >= 4 is 5.96 Å². The second-order valence-corrected chi connectivity index (χ2v) is 6.59. The maximum atomic E-state index is 4.30. The number of rotatable bonds is 9. The summed E-state index contributed by atoms with van der Waals surface area (Å²) in [6, 6.07) is 0. The zero-order valence-electron chi connectivity index (χ0n) is 14.9. The van der Waals surface area contributed by atoms with E-state index in [9.17, 15) is 0 Å². The van der Waals surface area contributed by atoms with Gasteiger partial charge >= 0.3 is 0 Å². The summed E-state index contributed by atoms with van der Waals surface area (Å²) >= 11 is 0. The van der Waals surface area contributed by atoms with Gasteiger partial charge in [0.15, 0.2) is 5.96 Å². The monoisotopic (exact) mass is 319 g/mol. The van der Waals surface area contributed by atoms with E-state index < -0.39 is 0 Å². The molecule has 1 saturated carbocycles. The molecule has 0 amide bonds. The van der Waals surface area contributed by atoms with Crippen LogP contribution in [0.5, 0.6) is 0 Å². The fourth-order valence-corrected chi connectivity index (χ4v) is 3.37. The van der Waals surface area contributed by atoms with Crippen LogP contribution in [0.2, 0.25) is 0 Å². The van der Waals surface area contributed by atoms with Crippen LogP contribution in [-0.2, 0) is 6.54 Å². The molecular weight excluding hydrogens is 286 g/mol. The van der Waals surface area contributed by atoms with Gasteiger partial charge in [0, 0.05) is 39.1 Å². The second kappa shape index (κ2) is 10.3. The predicted octanol–water partition coefficient (Wildman–Crippen LogP) is 3.11. The Bertz CT molecular complexity index is 460. The van der Waals surface area contributed by atoms with Crippen molar-refractivity contribution in [3.63, 3.8) is 0 Å². The van der Waals surface area contributed by atoms with Gasteiger partial charge < -0.3 is 15.2 Å². The molecule has 1 heterocycles. The summed E-state index contributed by atoms with van der Waals surface area (Å²) in [5.74, 6) is 3.02. The lowest BCUT2D eigenvalue weighted by Gasteiger charge is -2.13. The quantitative estimate of drug-likeness (QED) is 0.418. The molecule has 1 aliphatic rings. The van der Waals surface area contributed by atoms with Crippen LogP contribution in [0.1, 0.15) is 57.2 Å². The Hall–Kier alpha value is -1.52. The van der Waals surface area contributed by atoms with Crippen molar-refractivity contribution in [3.8, 4) is 0 Å². The molecule has 1 aliphatic carbocycles. The van der Waals surface area contributed by atoms with Crippen molar-refractivity contribution in [2.24, 2.45) is 10.9 Å². The van der Waals surface area contributed by atoms with Crippen molar-refractivity contribution < 1.29 is 0 Å². The van der Waals surface area contributed by atoms with Crippen LogP contribution in [-0.4, -0.2) is 35.6 Å². The fraction of sp³-hybridized carbons (Fsp3) is 0.778. The number of guanidine groups is 1. The smallest absolute Gasteiger partial charge is 0.190 e. The summed E-state index contributed by atoms with van der Waals surface area (Å²) in [5.41, 5.74) is 0. The van der Waals surface area contributed by atoms with Gasteiger partial charge in [0.1, 0.15) is 5.82 Å². The minimum absolute atomic E-state index is 0.940. The highest BCUT2D eigenvalue weighted by molar-refractivity contribution is 5.79. The number of nitrogens with zero attached hydrogens (tertiary/aromatic N) is 3. The molecule has 1 aromatic heterocycles. The van der Waals surface area contributed by atoms with Crippen molar-refractivity contribution in [3.05, 3.63) is 18.2 Å². The predicted molar refractivity (Wildman–Crippen MR) is 96.8 cm³/mol. The maximum Gasteiger partial charge on any atom is 0.190 e. The second-order valence-electron chi connectivity index (χ2n) is 6.59. The molecule has 2 rings (SSSR count). The third-order valence-electron chi connectivity index (χ3n) is 4.82. The highest BCUT2D eigenvalue weighted by Gasteiger charge is 2.13. The molecule has 5 nitrogen and oxygen atoms in total. The van der Waals surface area contributed by atoms with Gasteiger partial charge in [-0.1, -0.05) is 25.7 Å². The Morgan fingerprint density at radius 2 is 1.96 bits per heavy atom. The van der Waals surface area contributed by atoms with E-state index in [1.165, 1.54) is 38.5 Å². The normalized spacial score (nSPS) is 16.0. The van der Waals surface area contributed by atoms with Crippen molar-refractivity contribution in [1.82, 2.24) is 20.2 Å².